The van der Waals surface area contributed by atoms with Crippen LogP contribution in [0, 0.1) is 11.3 Å². The monoisotopic (exact) mass is 236 g/mol. The molecule has 1 amide bonds. The fourth-order valence-electron chi connectivity index (χ4n) is 1.90. The molecule has 0 aliphatic carbocycles. The minimum absolute atomic E-state index is 0.444. The number of nitrogens with zero attached hydrogens (tertiary/aromatic N) is 1. The Balaban J connectivity index is 2.41. The second-order valence-corrected chi connectivity index (χ2v) is 3.97. The van der Waals surface area contributed by atoms with Crippen molar-refractivity contribution < 1.29 is 4.79 Å². The highest BCUT2D eigenvalue weighted by Gasteiger charge is 2.09. The summed E-state index contributed by atoms with van der Waals surface area (Å²) in [6.45, 7) is 0. The Bertz CT molecular complexity index is 626. The van der Waals surface area contributed by atoms with E-state index in [9.17, 15) is 4.79 Å². The quantitative estimate of drug-likeness (QED) is 0.888. The fraction of sp³-hybridized carbons (Fsp3) is 0.0667. The minimum Gasteiger partial charge on any atom is -0.366 e. The molecule has 0 saturated carbocycles. The highest BCUT2D eigenvalue weighted by atomic mass is 16.1. The van der Waals surface area contributed by atoms with Crippen LogP contribution < -0.4 is 5.73 Å². The average molecular weight is 236 g/mol. The van der Waals surface area contributed by atoms with E-state index in [0.29, 0.717) is 17.5 Å². The van der Waals surface area contributed by atoms with Crippen molar-refractivity contribution >= 4 is 5.91 Å². The van der Waals surface area contributed by atoms with E-state index in [1.807, 2.05) is 30.3 Å². The van der Waals surface area contributed by atoms with E-state index in [4.69, 9.17) is 11.0 Å². The molecule has 0 radical (unpaired) electrons. The maximum atomic E-state index is 11.3. The maximum absolute atomic E-state index is 11.3. The summed E-state index contributed by atoms with van der Waals surface area (Å²) in [6, 6.07) is 16.7. The first-order valence-electron chi connectivity index (χ1n) is 5.58. The van der Waals surface area contributed by atoms with E-state index in [1.54, 1.807) is 18.2 Å². The minimum atomic E-state index is -0.444. The maximum Gasteiger partial charge on any atom is 0.248 e. The number of rotatable bonds is 3. The third kappa shape index (κ3) is 2.38. The lowest BCUT2D eigenvalue weighted by Crippen LogP contribution is -2.13. The zero-order valence-electron chi connectivity index (χ0n) is 9.76. The van der Waals surface area contributed by atoms with Crippen molar-refractivity contribution in [2.45, 2.75) is 6.42 Å². The molecule has 88 valence electrons. The Kier molecular flexibility index (Phi) is 3.40. The number of nitrogens with two attached hydrogens (primary N) is 1. The molecule has 0 saturated heterocycles. The summed E-state index contributed by atoms with van der Waals surface area (Å²) in [5.41, 5.74) is 8.20. The summed E-state index contributed by atoms with van der Waals surface area (Å²) in [6.07, 6.45) is 0.531. The van der Waals surface area contributed by atoms with Crippen molar-refractivity contribution in [1.82, 2.24) is 0 Å². The predicted molar refractivity (Wildman–Crippen MR) is 68.9 cm³/mol. The van der Waals surface area contributed by atoms with Gasteiger partial charge in [-0.3, -0.25) is 4.79 Å². The van der Waals surface area contributed by atoms with Crippen LogP contribution in [0.2, 0.25) is 0 Å². The lowest BCUT2D eigenvalue weighted by molar-refractivity contribution is 0.0999. The Morgan fingerprint density at radius 2 is 1.67 bits per heavy atom. The van der Waals surface area contributed by atoms with Gasteiger partial charge in [0.2, 0.25) is 5.91 Å². The van der Waals surface area contributed by atoms with Gasteiger partial charge in [0, 0.05) is 5.56 Å². The molecule has 2 rings (SSSR count). The third-order valence-corrected chi connectivity index (χ3v) is 2.80. The first-order chi connectivity index (χ1) is 8.72. The second-order valence-electron chi connectivity index (χ2n) is 3.97. The number of nitriles is 1. The predicted octanol–water partition coefficient (Wildman–Crippen LogP) is 2.25. The van der Waals surface area contributed by atoms with Crippen LogP contribution in [0.25, 0.3) is 0 Å². The molecule has 3 nitrogen and oxygen atoms in total. The topological polar surface area (TPSA) is 66.9 Å². The van der Waals surface area contributed by atoms with Crippen molar-refractivity contribution in [1.29, 1.82) is 5.26 Å². The number of primary amides is 1. The highest BCUT2D eigenvalue weighted by Crippen LogP contribution is 2.16. The number of amides is 1. The first kappa shape index (κ1) is 11.9. The van der Waals surface area contributed by atoms with Crippen LogP contribution in [-0.2, 0) is 6.42 Å². The van der Waals surface area contributed by atoms with E-state index in [1.165, 1.54) is 0 Å². The molecule has 2 N–H and O–H groups in total. The third-order valence-electron chi connectivity index (χ3n) is 2.80. The molecular weight excluding hydrogens is 224 g/mol. The molecule has 0 unspecified atom stereocenters. The summed E-state index contributed by atoms with van der Waals surface area (Å²) in [5, 5.41) is 9.03. The molecule has 0 aliphatic heterocycles. The lowest BCUT2D eigenvalue weighted by atomic mass is 9.96. The zero-order chi connectivity index (χ0) is 13.0. The van der Waals surface area contributed by atoms with Gasteiger partial charge in [0.05, 0.1) is 11.6 Å². The van der Waals surface area contributed by atoms with Crippen LogP contribution in [0.4, 0.5) is 0 Å². The molecule has 0 bridgehead atoms. The Morgan fingerprint density at radius 3 is 2.33 bits per heavy atom. The second kappa shape index (κ2) is 5.15. The van der Waals surface area contributed by atoms with Gasteiger partial charge in [0.25, 0.3) is 0 Å². The van der Waals surface area contributed by atoms with Crippen molar-refractivity contribution in [2.75, 3.05) is 0 Å². The van der Waals surface area contributed by atoms with Crippen LogP contribution in [0.1, 0.15) is 27.0 Å². The van der Waals surface area contributed by atoms with Crippen molar-refractivity contribution in [2.24, 2.45) is 5.73 Å². The molecule has 18 heavy (non-hydrogen) atoms. The number of hydrogen-bond donors (Lipinski definition) is 1. The summed E-state index contributed by atoms with van der Waals surface area (Å²) in [5.74, 6) is -0.444. The van der Waals surface area contributed by atoms with E-state index in [-0.39, 0.29) is 0 Å². The van der Waals surface area contributed by atoms with Crippen molar-refractivity contribution in [3.8, 4) is 6.07 Å². The van der Waals surface area contributed by atoms with Crippen LogP contribution in [0.15, 0.2) is 48.5 Å². The SMILES string of the molecule is N#Cc1ccccc1Cc1ccccc1C(N)=O. The Labute approximate surface area is 105 Å². The van der Waals surface area contributed by atoms with Crippen LogP contribution >= 0.6 is 0 Å². The molecule has 0 spiro atoms. The smallest absolute Gasteiger partial charge is 0.248 e. The standard InChI is InChI=1S/C15H12N2O/c16-10-13-7-2-1-5-11(13)9-12-6-3-4-8-14(12)15(17)18/h1-8H,9H2,(H2,17,18). The summed E-state index contributed by atoms with van der Waals surface area (Å²) < 4.78 is 0. The largest absolute Gasteiger partial charge is 0.366 e. The van der Waals surface area contributed by atoms with E-state index < -0.39 is 5.91 Å². The lowest BCUT2D eigenvalue weighted by Gasteiger charge is -2.07. The summed E-state index contributed by atoms with van der Waals surface area (Å²) in [7, 11) is 0. The van der Waals surface area contributed by atoms with Gasteiger partial charge in [-0.25, -0.2) is 0 Å². The molecule has 0 aliphatic rings. The van der Waals surface area contributed by atoms with Gasteiger partial charge >= 0.3 is 0 Å². The number of carbonyl (C=O) groups excluding carboxylic acids is 1. The number of carbonyl (C=O) groups is 1. The summed E-state index contributed by atoms with van der Waals surface area (Å²) >= 11 is 0. The van der Waals surface area contributed by atoms with E-state index in [0.717, 1.165) is 11.1 Å². The first-order valence-corrected chi connectivity index (χ1v) is 5.58. The molecule has 2 aromatic carbocycles. The highest BCUT2D eigenvalue weighted by molar-refractivity contribution is 5.94. The zero-order valence-corrected chi connectivity index (χ0v) is 9.76. The molecule has 3 heteroatoms. The van der Waals surface area contributed by atoms with Crippen LogP contribution in [-0.4, -0.2) is 5.91 Å². The van der Waals surface area contributed by atoms with Crippen molar-refractivity contribution in [3.63, 3.8) is 0 Å². The molecular formula is C15H12N2O. The van der Waals surface area contributed by atoms with Gasteiger partial charge < -0.3 is 5.73 Å². The molecule has 2 aromatic rings. The fourth-order valence-corrected chi connectivity index (χ4v) is 1.90. The average Bonchev–Trinajstić information content (AvgIpc) is 2.40. The van der Waals surface area contributed by atoms with Gasteiger partial charge in [0.1, 0.15) is 0 Å². The molecule has 0 atom stereocenters. The Hall–Kier alpha value is -2.60. The molecule has 0 heterocycles. The summed E-state index contributed by atoms with van der Waals surface area (Å²) in [4.78, 5) is 11.3. The number of hydrogen-bond acceptors (Lipinski definition) is 2. The normalized spacial score (nSPS) is 9.72. The van der Waals surface area contributed by atoms with E-state index >= 15 is 0 Å². The van der Waals surface area contributed by atoms with Crippen LogP contribution in [0.5, 0.6) is 0 Å². The van der Waals surface area contributed by atoms with Gasteiger partial charge in [-0.2, -0.15) is 5.26 Å². The van der Waals surface area contributed by atoms with Gasteiger partial charge in [-0.05, 0) is 29.7 Å². The number of benzene rings is 2. The Morgan fingerprint density at radius 1 is 1.06 bits per heavy atom. The van der Waals surface area contributed by atoms with E-state index in [2.05, 4.69) is 6.07 Å². The van der Waals surface area contributed by atoms with Gasteiger partial charge in [-0.15, -0.1) is 0 Å². The van der Waals surface area contributed by atoms with Crippen LogP contribution in [0.3, 0.4) is 0 Å². The van der Waals surface area contributed by atoms with Crippen molar-refractivity contribution in [3.05, 3.63) is 70.8 Å². The van der Waals surface area contributed by atoms with Gasteiger partial charge in [-0.1, -0.05) is 36.4 Å². The molecule has 0 aromatic heterocycles. The molecule has 0 fully saturated rings. The van der Waals surface area contributed by atoms with Gasteiger partial charge in [0.15, 0.2) is 0 Å².